The Hall–Kier alpha value is -2.44. The number of hydrogen-bond acceptors (Lipinski definition) is 4. The molecule has 3 heterocycles. The van der Waals surface area contributed by atoms with Crippen LogP contribution in [0.5, 0.6) is 0 Å². The number of nitrogens with zero attached hydrogens (tertiary/aromatic N) is 2. The van der Waals surface area contributed by atoms with Gasteiger partial charge in [0.1, 0.15) is 0 Å². The molecular formula is C24H24N2O3S. The van der Waals surface area contributed by atoms with Gasteiger partial charge >= 0.3 is 0 Å². The van der Waals surface area contributed by atoms with E-state index in [1.54, 1.807) is 16.4 Å². The lowest BCUT2D eigenvalue weighted by Gasteiger charge is -2.47. The van der Waals surface area contributed by atoms with E-state index >= 15 is 0 Å². The van der Waals surface area contributed by atoms with Gasteiger partial charge in [0.25, 0.3) is 10.0 Å². The smallest absolute Gasteiger partial charge is 0.264 e. The maximum Gasteiger partial charge on any atom is 0.264 e. The number of carbonyl (C=O) groups is 1. The van der Waals surface area contributed by atoms with E-state index < -0.39 is 10.0 Å². The van der Waals surface area contributed by atoms with E-state index in [1.807, 2.05) is 37.3 Å². The summed E-state index contributed by atoms with van der Waals surface area (Å²) < 4.78 is 29.4. The number of Topliss-reactive ketones (excluding diaryl/α,β-unsaturated/α-hetero) is 1. The predicted molar refractivity (Wildman–Crippen MR) is 115 cm³/mol. The van der Waals surface area contributed by atoms with Gasteiger partial charge in [-0.15, -0.1) is 0 Å². The Morgan fingerprint density at radius 1 is 1.03 bits per heavy atom. The molecule has 2 fully saturated rings. The van der Waals surface area contributed by atoms with Gasteiger partial charge in [0.05, 0.1) is 16.6 Å². The fraction of sp³-hybridized carbons (Fsp3) is 0.375. The van der Waals surface area contributed by atoms with Crippen LogP contribution in [0.15, 0.2) is 65.1 Å². The van der Waals surface area contributed by atoms with Crippen molar-refractivity contribution < 1.29 is 13.2 Å². The lowest BCUT2D eigenvalue weighted by Crippen LogP contribution is -2.60. The molecule has 0 aromatic heterocycles. The van der Waals surface area contributed by atoms with Crippen molar-refractivity contribution in [2.24, 2.45) is 0 Å². The molecule has 3 aliphatic heterocycles. The van der Waals surface area contributed by atoms with E-state index in [0.29, 0.717) is 0 Å². The number of sulfonamides is 1. The molecule has 0 unspecified atom stereocenters. The van der Waals surface area contributed by atoms with Crippen molar-refractivity contribution >= 4 is 21.5 Å². The maximum atomic E-state index is 13.9. The lowest BCUT2D eigenvalue weighted by molar-refractivity contribution is -0.118. The first-order chi connectivity index (χ1) is 14.4. The second-order valence-corrected chi connectivity index (χ2v) is 10.8. The first kappa shape index (κ1) is 18.3. The Bertz CT molecular complexity index is 1200. The van der Waals surface area contributed by atoms with Crippen LogP contribution in [-0.2, 0) is 20.2 Å². The van der Waals surface area contributed by atoms with Gasteiger partial charge in [-0.25, -0.2) is 8.42 Å². The first-order valence-corrected chi connectivity index (χ1v) is 12.1. The minimum absolute atomic E-state index is 0.0168. The summed E-state index contributed by atoms with van der Waals surface area (Å²) in [6, 6.07) is 14.5. The summed E-state index contributed by atoms with van der Waals surface area (Å²) in [6.07, 6.45) is 4.12. The minimum atomic E-state index is -3.79. The van der Waals surface area contributed by atoms with Crippen LogP contribution in [0, 0.1) is 6.92 Å². The lowest BCUT2D eigenvalue weighted by atomic mass is 9.62. The van der Waals surface area contributed by atoms with Gasteiger partial charge in [-0.05, 0) is 50.1 Å². The van der Waals surface area contributed by atoms with Crippen molar-refractivity contribution in [3.63, 3.8) is 0 Å². The average molecular weight is 421 g/mol. The Kier molecular flexibility index (Phi) is 3.70. The number of ketones is 1. The van der Waals surface area contributed by atoms with Gasteiger partial charge in [-0.1, -0.05) is 42.0 Å². The third kappa shape index (κ3) is 2.16. The standard InChI is InChI=1S/C24H24N2O3S/c1-16-8-10-17(11-9-16)30(28,29)26-20-7-3-2-6-19(20)24-12-14-25-13-4-5-18(23(24)25)21(27)15-22(24)26/h2-3,5-11,22-23H,4,12-15H2,1H3/t22-,23-,24-/m0/s1. The fourth-order valence-electron chi connectivity index (χ4n) is 6.33. The van der Waals surface area contributed by atoms with Crippen LogP contribution in [0.25, 0.3) is 0 Å². The highest BCUT2D eigenvalue weighted by atomic mass is 32.2. The molecule has 3 atom stereocenters. The second kappa shape index (κ2) is 6.05. The Morgan fingerprint density at radius 2 is 1.80 bits per heavy atom. The number of carbonyl (C=O) groups excluding carboxylic acids is 1. The number of fused-ring (bicyclic) bond motifs is 1. The summed E-state index contributed by atoms with van der Waals surface area (Å²) in [5.74, 6) is 0.101. The van der Waals surface area contributed by atoms with Gasteiger partial charge in [-0.3, -0.25) is 14.0 Å². The zero-order valence-electron chi connectivity index (χ0n) is 16.9. The summed E-state index contributed by atoms with van der Waals surface area (Å²) in [6.45, 7) is 3.78. The van der Waals surface area contributed by atoms with E-state index in [9.17, 15) is 13.2 Å². The van der Waals surface area contributed by atoms with Crippen LogP contribution in [0.3, 0.4) is 0 Å². The molecule has 2 aromatic carbocycles. The first-order valence-electron chi connectivity index (χ1n) is 10.6. The van der Waals surface area contributed by atoms with Crippen molar-refractivity contribution in [2.75, 3.05) is 17.4 Å². The molecule has 0 amide bonds. The van der Waals surface area contributed by atoms with Crippen molar-refractivity contribution in [1.29, 1.82) is 0 Å². The number of para-hydroxylation sites is 1. The summed E-state index contributed by atoms with van der Waals surface area (Å²) >= 11 is 0. The van der Waals surface area contributed by atoms with E-state index in [1.165, 1.54) is 0 Å². The SMILES string of the molecule is Cc1ccc(S(=O)(=O)N2c3ccccc3[C@@]34CCN5CCC=C(C(=O)C[C@H]23)[C@H]54)cc1. The van der Waals surface area contributed by atoms with Crippen molar-refractivity contribution in [1.82, 2.24) is 4.90 Å². The zero-order chi connectivity index (χ0) is 20.7. The molecule has 5 nitrogen and oxygen atoms in total. The van der Waals surface area contributed by atoms with Crippen LogP contribution < -0.4 is 4.31 Å². The van der Waals surface area contributed by atoms with Crippen LogP contribution in [0.2, 0.25) is 0 Å². The maximum absolute atomic E-state index is 13.9. The molecule has 1 aliphatic carbocycles. The summed E-state index contributed by atoms with van der Waals surface area (Å²) in [4.78, 5) is 15.9. The normalized spacial score (nSPS) is 30.0. The Balaban J connectivity index is 1.59. The Labute approximate surface area is 177 Å². The molecule has 4 aliphatic rings. The number of anilines is 1. The molecular weight excluding hydrogens is 396 g/mol. The monoisotopic (exact) mass is 420 g/mol. The van der Waals surface area contributed by atoms with Gasteiger partial charge < -0.3 is 0 Å². The molecule has 2 aromatic rings. The van der Waals surface area contributed by atoms with Crippen molar-refractivity contribution in [3.05, 3.63) is 71.3 Å². The Morgan fingerprint density at radius 3 is 2.60 bits per heavy atom. The summed E-state index contributed by atoms with van der Waals surface area (Å²) in [5, 5.41) is 0. The third-order valence-electron chi connectivity index (χ3n) is 7.54. The second-order valence-electron chi connectivity index (χ2n) is 8.95. The molecule has 1 spiro atoms. The van der Waals surface area contributed by atoms with Crippen molar-refractivity contribution in [3.8, 4) is 0 Å². The molecule has 154 valence electrons. The van der Waals surface area contributed by atoms with Crippen LogP contribution >= 0.6 is 0 Å². The highest BCUT2D eigenvalue weighted by molar-refractivity contribution is 7.92. The predicted octanol–water partition coefficient (Wildman–Crippen LogP) is 3.19. The van der Waals surface area contributed by atoms with E-state index in [2.05, 4.69) is 17.0 Å². The summed E-state index contributed by atoms with van der Waals surface area (Å²) in [7, 11) is -3.79. The molecule has 1 saturated heterocycles. The molecule has 0 radical (unpaired) electrons. The number of benzene rings is 2. The topological polar surface area (TPSA) is 57.7 Å². The highest BCUT2D eigenvalue weighted by Crippen LogP contribution is 2.60. The van der Waals surface area contributed by atoms with E-state index in [4.69, 9.17) is 0 Å². The molecule has 0 N–H and O–H groups in total. The fourth-order valence-corrected chi connectivity index (χ4v) is 8.05. The quantitative estimate of drug-likeness (QED) is 0.749. The number of hydrogen-bond donors (Lipinski definition) is 0. The van der Waals surface area contributed by atoms with Gasteiger partial charge in [0, 0.05) is 30.0 Å². The van der Waals surface area contributed by atoms with Gasteiger partial charge in [-0.2, -0.15) is 0 Å². The summed E-state index contributed by atoms with van der Waals surface area (Å²) in [5.41, 5.74) is 3.39. The molecule has 30 heavy (non-hydrogen) atoms. The largest absolute Gasteiger partial charge is 0.295 e. The highest BCUT2D eigenvalue weighted by Gasteiger charge is 2.66. The minimum Gasteiger partial charge on any atom is -0.295 e. The molecule has 6 heteroatoms. The van der Waals surface area contributed by atoms with Crippen molar-refractivity contribution in [2.45, 2.75) is 48.6 Å². The van der Waals surface area contributed by atoms with E-state index in [-0.39, 0.29) is 34.6 Å². The van der Waals surface area contributed by atoms with Crippen LogP contribution in [-0.4, -0.2) is 44.3 Å². The van der Waals surface area contributed by atoms with Gasteiger partial charge in [0.15, 0.2) is 5.78 Å². The van der Waals surface area contributed by atoms with Gasteiger partial charge in [0.2, 0.25) is 0 Å². The van der Waals surface area contributed by atoms with E-state index in [0.717, 1.165) is 48.3 Å². The number of rotatable bonds is 2. The van der Waals surface area contributed by atoms with Crippen LogP contribution in [0.4, 0.5) is 5.69 Å². The average Bonchev–Trinajstić information content (AvgIpc) is 3.27. The molecule has 1 saturated carbocycles. The zero-order valence-corrected chi connectivity index (χ0v) is 17.7. The molecule has 0 bridgehead atoms. The number of aryl methyl sites for hydroxylation is 1. The molecule has 6 rings (SSSR count). The van der Waals surface area contributed by atoms with Crippen LogP contribution in [0.1, 0.15) is 30.4 Å². The third-order valence-corrected chi connectivity index (χ3v) is 9.38.